The van der Waals surface area contributed by atoms with Crippen LogP contribution in [0.5, 0.6) is 0 Å². The quantitative estimate of drug-likeness (QED) is 0.153. The molecule has 1 aromatic heterocycles. The molecular formula is C10H12N5NaO6S3. The number of hydrogen-bond acceptors (Lipinski definition) is 11. The third-order valence-corrected chi connectivity index (χ3v) is 5.59. The van der Waals surface area contributed by atoms with Gasteiger partial charge in [-0.3, -0.25) is 9.59 Å². The topological polar surface area (TPSA) is 167 Å². The number of amides is 2. The number of β-lactam (4-membered cyclic amide) rings is 1. The number of thiazole rings is 1. The molecule has 1 saturated heterocycles. The summed E-state index contributed by atoms with van der Waals surface area (Å²) < 4.78 is 33.3. The Morgan fingerprint density at radius 2 is 2.24 bits per heavy atom. The van der Waals surface area contributed by atoms with E-state index in [4.69, 9.17) is 5.73 Å². The largest absolute Gasteiger partial charge is 1.00 e. The summed E-state index contributed by atoms with van der Waals surface area (Å²) >= 11 is 2.01. The average Bonchev–Trinajstić information content (AvgIpc) is 2.91. The fourth-order valence-electron chi connectivity index (χ4n) is 1.94. The Kier molecular flexibility index (Phi) is 7.67. The van der Waals surface area contributed by atoms with Crippen LogP contribution in [0.1, 0.15) is 5.69 Å². The van der Waals surface area contributed by atoms with Crippen LogP contribution in [-0.2, 0) is 24.7 Å². The molecule has 0 aromatic carbocycles. The van der Waals surface area contributed by atoms with Gasteiger partial charge >= 0.3 is 29.6 Å². The molecule has 0 aliphatic carbocycles. The van der Waals surface area contributed by atoms with Crippen LogP contribution in [0.3, 0.4) is 0 Å². The first kappa shape index (κ1) is 22.1. The number of hydrogen-bond donors (Lipinski definition) is 2. The van der Waals surface area contributed by atoms with E-state index in [1.807, 2.05) is 0 Å². The molecule has 3 N–H and O–H groups in total. The number of oxime groups is 1. The summed E-state index contributed by atoms with van der Waals surface area (Å²) in [5.41, 5.74) is 5.40. The molecule has 1 fully saturated rings. The number of nitrogens with zero attached hydrogens (tertiary/aromatic N) is 3. The normalized spacial score (nSPS) is 20.5. The minimum absolute atomic E-state index is 0. The van der Waals surface area contributed by atoms with E-state index in [2.05, 4.69) is 20.3 Å². The van der Waals surface area contributed by atoms with Crippen molar-refractivity contribution in [3.8, 4) is 0 Å². The monoisotopic (exact) mass is 417 g/mol. The van der Waals surface area contributed by atoms with E-state index in [0.29, 0.717) is 0 Å². The van der Waals surface area contributed by atoms with Gasteiger partial charge in [0.25, 0.3) is 11.8 Å². The summed E-state index contributed by atoms with van der Waals surface area (Å²) in [6, 6.07) is -1.19. The second-order valence-electron chi connectivity index (χ2n) is 4.36. The molecule has 0 radical (unpaired) electrons. The van der Waals surface area contributed by atoms with Gasteiger partial charge in [-0.25, -0.2) is 17.7 Å². The Hall–Kier alpha value is -0.900. The van der Waals surface area contributed by atoms with Gasteiger partial charge in [0.15, 0.2) is 21.1 Å². The van der Waals surface area contributed by atoms with E-state index >= 15 is 0 Å². The van der Waals surface area contributed by atoms with Crippen molar-refractivity contribution in [3.05, 3.63) is 11.1 Å². The molecule has 2 amide bonds. The number of carbonyl (C=O) groups is 2. The van der Waals surface area contributed by atoms with Gasteiger partial charge in [0, 0.05) is 5.38 Å². The third kappa shape index (κ3) is 4.64. The number of nitrogens with two attached hydrogens (primary N) is 1. The zero-order valence-electron chi connectivity index (χ0n) is 13.3. The zero-order chi connectivity index (χ0) is 18.1. The van der Waals surface area contributed by atoms with E-state index in [-0.39, 0.29) is 50.4 Å². The Balaban J connectivity index is 0.00000312. The van der Waals surface area contributed by atoms with Gasteiger partial charge < -0.3 is 20.4 Å². The third-order valence-electron chi connectivity index (χ3n) is 2.93. The average molecular weight is 417 g/mol. The minimum atomic E-state index is -4.95. The summed E-state index contributed by atoms with van der Waals surface area (Å²) in [5.74, 6) is -1.84. The van der Waals surface area contributed by atoms with Gasteiger partial charge in [-0.05, 0) is 6.26 Å². The Labute approximate surface area is 173 Å². The summed E-state index contributed by atoms with van der Waals surface area (Å²) in [5, 5.41) is 6.50. The molecule has 11 nitrogen and oxygen atoms in total. The van der Waals surface area contributed by atoms with Crippen molar-refractivity contribution >= 4 is 56.1 Å². The minimum Gasteiger partial charge on any atom is -0.731 e. The second-order valence-corrected chi connectivity index (χ2v) is 7.46. The second kappa shape index (κ2) is 8.66. The number of aromatic nitrogens is 1. The van der Waals surface area contributed by atoms with Crippen LogP contribution in [0.2, 0.25) is 0 Å². The number of thioether (sulfide) groups is 1. The Morgan fingerprint density at radius 1 is 1.60 bits per heavy atom. The van der Waals surface area contributed by atoms with Crippen molar-refractivity contribution in [2.75, 3.05) is 19.1 Å². The molecule has 1 aliphatic heterocycles. The molecule has 2 atom stereocenters. The van der Waals surface area contributed by atoms with E-state index in [0.717, 1.165) is 23.1 Å². The van der Waals surface area contributed by atoms with Crippen LogP contribution < -0.4 is 40.6 Å². The summed E-state index contributed by atoms with van der Waals surface area (Å²) in [4.78, 5) is 32.6. The number of nitrogen functional groups attached to an aromatic ring is 1. The van der Waals surface area contributed by atoms with E-state index in [9.17, 15) is 22.6 Å². The summed E-state index contributed by atoms with van der Waals surface area (Å²) in [6.07, 6.45) is 1.50. The van der Waals surface area contributed by atoms with Crippen LogP contribution in [0.4, 0.5) is 5.13 Å². The number of carbonyl (C=O) groups excluding carboxylic acids is 2. The number of nitrogens with one attached hydrogen (secondary N) is 1. The Morgan fingerprint density at radius 3 is 2.68 bits per heavy atom. The first-order valence-corrected chi connectivity index (χ1v) is 9.69. The number of rotatable bonds is 6. The Bertz CT molecular complexity index is 797. The van der Waals surface area contributed by atoms with Crippen molar-refractivity contribution in [1.29, 1.82) is 0 Å². The van der Waals surface area contributed by atoms with Gasteiger partial charge in [0.2, 0.25) is 0 Å². The van der Waals surface area contributed by atoms with Gasteiger partial charge in [-0.2, -0.15) is 0 Å². The predicted octanol–water partition coefficient (Wildman–Crippen LogP) is -4.44. The van der Waals surface area contributed by atoms with E-state index in [1.165, 1.54) is 18.7 Å². The smallest absolute Gasteiger partial charge is 0.731 e. The van der Waals surface area contributed by atoms with Crippen LogP contribution in [-0.4, -0.2) is 64.6 Å². The molecule has 0 unspecified atom stereocenters. The molecule has 1 aliphatic rings. The molecule has 0 saturated carbocycles. The van der Waals surface area contributed by atoms with Crippen LogP contribution in [0.15, 0.2) is 10.5 Å². The molecule has 2 rings (SSSR count). The molecule has 1 aromatic rings. The first-order valence-electron chi connectivity index (χ1n) is 6.16. The SMILES string of the molecule is CON=C(C(=O)N[C@@H]1C(=O)N(S(=O)(=O)[O-])[C@@H]1SC)c1csc(N)n1.[Na+]. The fourth-order valence-corrected chi connectivity index (χ4v) is 4.53. The molecule has 0 spiro atoms. The number of anilines is 1. The first-order chi connectivity index (χ1) is 11.2. The fraction of sp³-hybridized carbons (Fsp3) is 0.400. The van der Waals surface area contributed by atoms with Crippen molar-refractivity contribution in [2.45, 2.75) is 11.4 Å². The molecular weight excluding hydrogens is 405 g/mol. The molecule has 132 valence electrons. The molecule has 2 heterocycles. The van der Waals surface area contributed by atoms with Crippen LogP contribution in [0, 0.1) is 0 Å². The molecule has 15 heteroatoms. The van der Waals surface area contributed by atoms with Crippen molar-refractivity contribution in [1.82, 2.24) is 14.6 Å². The van der Waals surface area contributed by atoms with Crippen LogP contribution >= 0.6 is 23.1 Å². The van der Waals surface area contributed by atoms with Gasteiger partial charge in [0.05, 0.1) is 0 Å². The van der Waals surface area contributed by atoms with Crippen molar-refractivity contribution < 1.29 is 57.0 Å². The molecule has 0 bridgehead atoms. The summed E-state index contributed by atoms with van der Waals surface area (Å²) in [7, 11) is -3.73. The van der Waals surface area contributed by atoms with E-state index < -0.39 is 33.5 Å². The van der Waals surface area contributed by atoms with Crippen molar-refractivity contribution in [3.63, 3.8) is 0 Å². The summed E-state index contributed by atoms with van der Waals surface area (Å²) in [6.45, 7) is 0. The molecule has 25 heavy (non-hydrogen) atoms. The van der Waals surface area contributed by atoms with Gasteiger partial charge in [-0.15, -0.1) is 23.1 Å². The van der Waals surface area contributed by atoms with Crippen LogP contribution in [0.25, 0.3) is 0 Å². The zero-order valence-corrected chi connectivity index (χ0v) is 17.8. The maximum absolute atomic E-state index is 12.3. The maximum atomic E-state index is 12.3. The van der Waals surface area contributed by atoms with Gasteiger partial charge in [0.1, 0.15) is 24.2 Å². The maximum Gasteiger partial charge on any atom is 1.00 e. The van der Waals surface area contributed by atoms with E-state index in [1.54, 1.807) is 0 Å². The predicted molar refractivity (Wildman–Crippen MR) is 85.8 cm³/mol. The van der Waals surface area contributed by atoms with Crippen molar-refractivity contribution in [2.24, 2.45) is 5.16 Å². The van der Waals surface area contributed by atoms with Gasteiger partial charge in [-0.1, -0.05) is 5.16 Å². The standard InChI is InChI=1S/C10H13N5O6S3.Na/c1-21-14-5(4-3-23-10(11)12-4)7(16)13-6-8(17)15(9(6)22-2)24(18,19)20;/h3,6,9H,1-2H3,(H2,11,12)(H,13,16)(H,18,19,20);/q;+1/p-1/t6-,9-;/m1./s1.